The first-order valence-corrected chi connectivity index (χ1v) is 2.74. The molecule has 0 aliphatic heterocycles. The van der Waals surface area contributed by atoms with Crippen molar-refractivity contribution in [1.82, 2.24) is 0 Å². The van der Waals surface area contributed by atoms with Crippen molar-refractivity contribution in [3.63, 3.8) is 0 Å². The lowest BCUT2D eigenvalue weighted by Gasteiger charge is -1.69. The highest BCUT2D eigenvalue weighted by atomic mass is 79.9. The van der Waals surface area contributed by atoms with Crippen LogP contribution in [0.2, 0.25) is 0 Å². The molecule has 0 saturated heterocycles. The van der Waals surface area contributed by atoms with Crippen LogP contribution < -0.4 is 0 Å². The number of rotatable bonds is 0. The average Bonchev–Trinajstić information content (AvgIpc) is 1.96. The van der Waals surface area contributed by atoms with Crippen LogP contribution in [0.5, 0.6) is 0 Å². The molecule has 1 rings (SSSR count). The van der Waals surface area contributed by atoms with Crippen molar-refractivity contribution < 1.29 is 3.56 Å². The van der Waals surface area contributed by atoms with E-state index in [1.54, 1.807) is 0 Å². The van der Waals surface area contributed by atoms with Crippen molar-refractivity contribution in [2.24, 2.45) is 0 Å². The summed E-state index contributed by atoms with van der Waals surface area (Å²) in [6, 6.07) is 12.0. The Kier molecular flexibility index (Phi) is 6.32. The van der Waals surface area contributed by atoms with Gasteiger partial charge in [0.1, 0.15) is 0 Å². The summed E-state index contributed by atoms with van der Waals surface area (Å²) in [6.45, 7) is 0. The van der Waals surface area contributed by atoms with Crippen LogP contribution in [0.1, 0.15) is 0 Å². The monoisotopic (exact) mass is 176 g/mol. The standard InChI is InChI=1S/C6H6.BrF/c1-2-4-6-5-3-1;1-2/h1-6H;. The third-order valence-electron chi connectivity index (χ3n) is 0.667. The third-order valence-corrected chi connectivity index (χ3v) is 0.667. The maximum absolute atomic E-state index is 9.31. The zero-order chi connectivity index (χ0) is 6.24. The molecule has 1 aromatic rings. The number of hydrogen-bond donors (Lipinski definition) is 0. The fourth-order valence-corrected chi connectivity index (χ4v) is 0.385. The Morgan fingerprint density at radius 2 is 0.750 bits per heavy atom. The molecule has 0 atom stereocenters. The first-order chi connectivity index (χ1) is 4.00. The van der Waals surface area contributed by atoms with Crippen LogP contribution in [-0.4, -0.2) is 0 Å². The summed E-state index contributed by atoms with van der Waals surface area (Å²) in [6.07, 6.45) is 0. The minimum atomic E-state index is 1.44. The predicted molar refractivity (Wildman–Crippen MR) is 36.5 cm³/mol. The summed E-state index contributed by atoms with van der Waals surface area (Å²) in [5.74, 6) is 0. The normalized spacial score (nSPS) is 6.75. The molecule has 0 radical (unpaired) electrons. The highest BCUT2D eigenvalue weighted by Crippen LogP contribution is 1.79. The van der Waals surface area contributed by atoms with Gasteiger partial charge >= 0.3 is 0 Å². The molecule has 0 aromatic heterocycles. The van der Waals surface area contributed by atoms with E-state index in [1.807, 2.05) is 36.4 Å². The minimum Gasteiger partial charge on any atom is -0.158 e. The van der Waals surface area contributed by atoms with Gasteiger partial charge in [-0.15, -0.1) is 0 Å². The van der Waals surface area contributed by atoms with E-state index in [4.69, 9.17) is 0 Å². The Labute approximate surface area is 56.9 Å². The third kappa shape index (κ3) is 3.81. The molecule has 0 unspecified atom stereocenters. The molecule has 0 aliphatic carbocycles. The number of hydrogen-bond acceptors (Lipinski definition) is 0. The van der Waals surface area contributed by atoms with Crippen LogP contribution in [0.3, 0.4) is 0 Å². The summed E-state index contributed by atoms with van der Waals surface area (Å²) in [5, 5.41) is 0. The molecule has 0 bridgehead atoms. The van der Waals surface area contributed by atoms with E-state index in [2.05, 4.69) is 0 Å². The van der Waals surface area contributed by atoms with Gasteiger partial charge in [0.2, 0.25) is 0 Å². The highest BCUT2D eigenvalue weighted by Gasteiger charge is 1.57. The average molecular weight is 177 g/mol. The second-order valence-electron chi connectivity index (χ2n) is 1.15. The second kappa shape index (κ2) is 6.63. The molecule has 0 aliphatic rings. The molecule has 0 nitrogen and oxygen atoms in total. The summed E-state index contributed by atoms with van der Waals surface area (Å²) >= 11 is 1.44. The van der Waals surface area contributed by atoms with Gasteiger partial charge in [-0.3, -0.25) is 0 Å². The second-order valence-corrected chi connectivity index (χ2v) is 1.15. The SMILES string of the molecule is FBr.c1ccccc1. The van der Waals surface area contributed by atoms with E-state index < -0.39 is 0 Å². The zero-order valence-electron chi connectivity index (χ0n) is 4.22. The molecule has 2 heteroatoms. The first-order valence-electron chi connectivity index (χ1n) is 2.14. The summed E-state index contributed by atoms with van der Waals surface area (Å²) < 4.78 is 9.31. The van der Waals surface area contributed by atoms with E-state index in [9.17, 15) is 3.56 Å². The van der Waals surface area contributed by atoms with Gasteiger partial charge in [0.15, 0.2) is 16.4 Å². The topological polar surface area (TPSA) is 0 Å². The van der Waals surface area contributed by atoms with Crippen molar-refractivity contribution >= 4 is 16.4 Å². The molecule has 0 N–H and O–H groups in total. The van der Waals surface area contributed by atoms with E-state index >= 15 is 0 Å². The van der Waals surface area contributed by atoms with E-state index in [0.717, 1.165) is 0 Å². The Morgan fingerprint density at radius 1 is 0.625 bits per heavy atom. The quantitative estimate of drug-likeness (QED) is 0.571. The lowest BCUT2D eigenvalue weighted by molar-refractivity contribution is 0.982. The van der Waals surface area contributed by atoms with Crippen LogP contribution in [0.4, 0.5) is 3.56 Å². The van der Waals surface area contributed by atoms with Gasteiger partial charge < -0.3 is 0 Å². The van der Waals surface area contributed by atoms with E-state index in [1.165, 1.54) is 16.4 Å². The molecule has 44 valence electrons. The van der Waals surface area contributed by atoms with Gasteiger partial charge in [0, 0.05) is 0 Å². The predicted octanol–water partition coefficient (Wildman–Crippen LogP) is 2.95. The number of halogens is 2. The maximum Gasteiger partial charge on any atom is 0.158 e. The molecule has 0 spiro atoms. The molecule has 1 aromatic carbocycles. The van der Waals surface area contributed by atoms with Gasteiger partial charge in [-0.25, -0.2) is 0 Å². The summed E-state index contributed by atoms with van der Waals surface area (Å²) in [4.78, 5) is 0. The number of benzene rings is 1. The Bertz CT molecular complexity index is 80.5. The molecule has 8 heavy (non-hydrogen) atoms. The highest BCUT2D eigenvalue weighted by molar-refractivity contribution is 9.05. The summed E-state index contributed by atoms with van der Waals surface area (Å²) in [7, 11) is 0. The van der Waals surface area contributed by atoms with Crippen molar-refractivity contribution in [1.29, 1.82) is 0 Å². The van der Waals surface area contributed by atoms with Crippen LogP contribution in [0, 0.1) is 0 Å². The van der Waals surface area contributed by atoms with E-state index in [-0.39, 0.29) is 0 Å². The fraction of sp³-hybridized carbons (Fsp3) is 0. The maximum atomic E-state index is 9.31. The van der Waals surface area contributed by atoms with Crippen LogP contribution in [-0.2, 0) is 0 Å². The van der Waals surface area contributed by atoms with Crippen LogP contribution in [0.25, 0.3) is 0 Å². The van der Waals surface area contributed by atoms with Gasteiger partial charge in [-0.2, -0.15) is 3.56 Å². The van der Waals surface area contributed by atoms with Crippen molar-refractivity contribution in [2.75, 3.05) is 0 Å². The lowest BCUT2D eigenvalue weighted by atomic mass is 10.4. The minimum absolute atomic E-state index is 1.44. The molecule has 0 fully saturated rings. The van der Waals surface area contributed by atoms with Crippen LogP contribution >= 0.6 is 16.4 Å². The van der Waals surface area contributed by atoms with Crippen molar-refractivity contribution in [3.05, 3.63) is 36.4 Å². The molecular weight excluding hydrogens is 171 g/mol. The zero-order valence-corrected chi connectivity index (χ0v) is 5.81. The largest absolute Gasteiger partial charge is 0.158 e. The Balaban J connectivity index is 0.000000222. The molecular formula is C6H6BrF. The van der Waals surface area contributed by atoms with Crippen molar-refractivity contribution in [3.8, 4) is 0 Å². The van der Waals surface area contributed by atoms with Crippen LogP contribution in [0.15, 0.2) is 36.4 Å². The van der Waals surface area contributed by atoms with Gasteiger partial charge in [-0.05, 0) is 0 Å². The van der Waals surface area contributed by atoms with Gasteiger partial charge in [0.25, 0.3) is 0 Å². The van der Waals surface area contributed by atoms with Gasteiger partial charge in [0.05, 0.1) is 0 Å². The Morgan fingerprint density at radius 3 is 0.875 bits per heavy atom. The first kappa shape index (κ1) is 7.63. The van der Waals surface area contributed by atoms with Crippen molar-refractivity contribution in [2.45, 2.75) is 0 Å². The fourth-order valence-electron chi connectivity index (χ4n) is 0.385. The van der Waals surface area contributed by atoms with Gasteiger partial charge in [-0.1, -0.05) is 36.4 Å². The van der Waals surface area contributed by atoms with E-state index in [0.29, 0.717) is 0 Å². The smallest absolute Gasteiger partial charge is 0.158 e. The molecule has 0 amide bonds. The lowest BCUT2D eigenvalue weighted by Crippen LogP contribution is -1.47. The Hall–Kier alpha value is -0.370. The molecule has 0 saturated carbocycles. The molecule has 0 heterocycles. The summed E-state index contributed by atoms with van der Waals surface area (Å²) in [5.41, 5.74) is 0.